The van der Waals surface area contributed by atoms with Gasteiger partial charge in [-0.2, -0.15) is 4.57 Å². The molecule has 3 heteroatoms. The highest BCUT2D eigenvalue weighted by molar-refractivity contribution is 5.26. The highest BCUT2D eigenvalue weighted by atomic mass is 35.5. The van der Waals surface area contributed by atoms with E-state index in [1.54, 1.807) is 0 Å². The summed E-state index contributed by atoms with van der Waals surface area (Å²) in [5, 5.41) is 0. The van der Waals surface area contributed by atoms with Crippen molar-refractivity contribution in [3.63, 3.8) is 0 Å². The Balaban J connectivity index is 0.00000180. The second kappa shape index (κ2) is 7.15. The van der Waals surface area contributed by atoms with Crippen molar-refractivity contribution in [2.24, 2.45) is 0 Å². The second-order valence-corrected chi connectivity index (χ2v) is 4.82. The van der Waals surface area contributed by atoms with Gasteiger partial charge in [0, 0.05) is 17.2 Å². The molecule has 0 unspecified atom stereocenters. The lowest BCUT2D eigenvalue weighted by Gasteiger charge is -2.10. The second-order valence-electron chi connectivity index (χ2n) is 4.82. The lowest BCUT2D eigenvalue weighted by atomic mass is 10.2. The molecule has 0 atom stereocenters. The molecule has 2 aromatic rings. The van der Waals surface area contributed by atoms with Crippen molar-refractivity contribution in [3.05, 3.63) is 59.9 Å². The lowest BCUT2D eigenvalue weighted by molar-refractivity contribution is -0.688. The van der Waals surface area contributed by atoms with Gasteiger partial charge in [0.25, 0.3) is 0 Å². The van der Waals surface area contributed by atoms with Gasteiger partial charge in [0.15, 0.2) is 18.5 Å². The molecule has 0 N–H and O–H groups in total. The van der Waals surface area contributed by atoms with Gasteiger partial charge in [-0.25, -0.2) is 0 Å². The highest BCUT2D eigenvalue weighted by Crippen LogP contribution is 2.15. The molecule has 2 rings (SSSR count). The van der Waals surface area contributed by atoms with Gasteiger partial charge in [-0.05, 0) is 20.8 Å². The lowest BCUT2D eigenvalue weighted by Crippen LogP contribution is -3.00. The summed E-state index contributed by atoms with van der Waals surface area (Å²) in [6.45, 7) is 7.04. The third-order valence-electron chi connectivity index (χ3n) is 2.76. The van der Waals surface area contributed by atoms with Crippen LogP contribution in [0.3, 0.4) is 0 Å². The first-order valence-corrected chi connectivity index (χ1v) is 6.35. The average molecular weight is 278 g/mol. The van der Waals surface area contributed by atoms with Crippen LogP contribution >= 0.6 is 0 Å². The van der Waals surface area contributed by atoms with Gasteiger partial charge in [0.05, 0.1) is 6.10 Å². The average Bonchev–Trinajstić information content (AvgIpc) is 2.34. The molecule has 0 aliphatic carbocycles. The number of hydrogen-bond donors (Lipinski definition) is 0. The van der Waals surface area contributed by atoms with Gasteiger partial charge in [-0.1, -0.05) is 30.3 Å². The molecular weight excluding hydrogens is 258 g/mol. The monoisotopic (exact) mass is 277 g/mol. The minimum atomic E-state index is 0. The molecule has 0 spiro atoms. The predicted molar refractivity (Wildman–Crippen MR) is 72.7 cm³/mol. The fourth-order valence-electron chi connectivity index (χ4n) is 1.86. The van der Waals surface area contributed by atoms with Crippen molar-refractivity contribution >= 4 is 0 Å². The maximum atomic E-state index is 5.80. The molecule has 102 valence electrons. The van der Waals surface area contributed by atoms with Crippen molar-refractivity contribution in [1.29, 1.82) is 0 Å². The van der Waals surface area contributed by atoms with Crippen LogP contribution in [0, 0.1) is 6.92 Å². The molecule has 0 saturated carbocycles. The van der Waals surface area contributed by atoms with Gasteiger partial charge in [-0.15, -0.1) is 0 Å². The van der Waals surface area contributed by atoms with Crippen LogP contribution in [-0.2, 0) is 6.54 Å². The molecule has 0 saturated heterocycles. The molecule has 0 fully saturated rings. The Kier molecular flexibility index (Phi) is 5.84. The van der Waals surface area contributed by atoms with Crippen LogP contribution < -0.4 is 21.7 Å². The Morgan fingerprint density at radius 2 is 1.79 bits per heavy atom. The quantitative estimate of drug-likeness (QED) is 0.724. The molecule has 2 nitrogen and oxygen atoms in total. The molecule has 0 bridgehead atoms. The van der Waals surface area contributed by atoms with Gasteiger partial charge in [-0.3, -0.25) is 0 Å². The van der Waals surface area contributed by atoms with Crippen LogP contribution in [0.1, 0.15) is 25.0 Å². The number of aromatic nitrogens is 1. The van der Waals surface area contributed by atoms with Crippen molar-refractivity contribution in [1.82, 2.24) is 0 Å². The zero-order valence-corrected chi connectivity index (χ0v) is 12.4. The summed E-state index contributed by atoms with van der Waals surface area (Å²) in [6, 6.07) is 12.5. The standard InChI is InChI=1S/C16H20NO.ClH/c1-13(2)18-16-12-17(10-9-14(16)3)11-15-7-5-4-6-8-15;/h4-10,12-13H,11H2,1-3H3;1H/q+1;/p-1. The first-order chi connectivity index (χ1) is 8.65. The van der Waals surface area contributed by atoms with Crippen molar-refractivity contribution in [3.8, 4) is 5.75 Å². The number of ether oxygens (including phenoxy) is 1. The smallest absolute Gasteiger partial charge is 0.211 e. The summed E-state index contributed by atoms with van der Waals surface area (Å²) in [5.41, 5.74) is 2.47. The number of pyridine rings is 1. The largest absolute Gasteiger partial charge is 1.00 e. The Morgan fingerprint density at radius 3 is 2.42 bits per heavy atom. The maximum absolute atomic E-state index is 5.80. The van der Waals surface area contributed by atoms with E-state index in [9.17, 15) is 0 Å². The van der Waals surface area contributed by atoms with Crippen LogP contribution in [0.25, 0.3) is 0 Å². The van der Waals surface area contributed by atoms with E-state index < -0.39 is 0 Å². The molecule has 1 aromatic heterocycles. The highest BCUT2D eigenvalue weighted by Gasteiger charge is 2.09. The summed E-state index contributed by atoms with van der Waals surface area (Å²) < 4.78 is 7.96. The summed E-state index contributed by atoms with van der Waals surface area (Å²) in [4.78, 5) is 0. The summed E-state index contributed by atoms with van der Waals surface area (Å²) in [6.07, 6.45) is 4.37. The summed E-state index contributed by atoms with van der Waals surface area (Å²) in [7, 11) is 0. The number of aryl methyl sites for hydroxylation is 1. The number of benzene rings is 1. The maximum Gasteiger partial charge on any atom is 0.211 e. The molecule has 0 radical (unpaired) electrons. The Hall–Kier alpha value is -1.54. The minimum absolute atomic E-state index is 0. The van der Waals surface area contributed by atoms with Crippen molar-refractivity contribution in [2.45, 2.75) is 33.4 Å². The molecule has 19 heavy (non-hydrogen) atoms. The number of hydrogen-bond acceptors (Lipinski definition) is 1. The third kappa shape index (κ3) is 4.56. The Bertz CT molecular complexity index is 511. The van der Waals surface area contributed by atoms with Crippen LogP contribution in [0.2, 0.25) is 0 Å². The van der Waals surface area contributed by atoms with Gasteiger partial charge in [0.2, 0.25) is 6.20 Å². The number of halogens is 1. The van der Waals surface area contributed by atoms with Crippen molar-refractivity contribution < 1.29 is 21.7 Å². The van der Waals surface area contributed by atoms with Gasteiger partial charge in [0.1, 0.15) is 0 Å². The van der Waals surface area contributed by atoms with Gasteiger partial charge >= 0.3 is 0 Å². The fourth-order valence-corrected chi connectivity index (χ4v) is 1.86. The minimum Gasteiger partial charge on any atom is -1.00 e. The van der Waals surface area contributed by atoms with E-state index >= 15 is 0 Å². The van der Waals surface area contributed by atoms with Crippen LogP contribution in [0.4, 0.5) is 0 Å². The molecule has 1 aromatic carbocycles. The summed E-state index contributed by atoms with van der Waals surface area (Å²) >= 11 is 0. The SMILES string of the molecule is Cc1cc[n+](Cc2ccccc2)cc1OC(C)C.[Cl-]. The normalized spacial score (nSPS) is 10.1. The predicted octanol–water partition coefficient (Wildman–Crippen LogP) is 0.122. The van der Waals surface area contributed by atoms with E-state index in [0.29, 0.717) is 0 Å². The van der Waals surface area contributed by atoms with Crippen LogP contribution in [0.5, 0.6) is 5.75 Å². The zero-order valence-electron chi connectivity index (χ0n) is 11.6. The van der Waals surface area contributed by atoms with Crippen LogP contribution in [-0.4, -0.2) is 6.10 Å². The van der Waals surface area contributed by atoms with E-state index in [4.69, 9.17) is 4.74 Å². The van der Waals surface area contributed by atoms with Gasteiger partial charge < -0.3 is 17.1 Å². The van der Waals surface area contributed by atoms with Crippen molar-refractivity contribution in [2.75, 3.05) is 0 Å². The zero-order chi connectivity index (χ0) is 13.0. The fraction of sp³-hybridized carbons (Fsp3) is 0.312. The molecule has 0 aliphatic rings. The molecule has 1 heterocycles. The molecule has 0 aliphatic heterocycles. The number of rotatable bonds is 4. The Morgan fingerprint density at radius 1 is 1.11 bits per heavy atom. The van der Waals surface area contributed by atoms with E-state index in [1.807, 2.05) is 19.9 Å². The topological polar surface area (TPSA) is 13.1 Å². The molecule has 0 amide bonds. The first kappa shape index (κ1) is 15.5. The van der Waals surface area contributed by atoms with E-state index in [1.165, 1.54) is 11.1 Å². The summed E-state index contributed by atoms with van der Waals surface area (Å²) in [5.74, 6) is 0.962. The third-order valence-corrected chi connectivity index (χ3v) is 2.76. The molecular formula is C16H20ClNO. The van der Waals surface area contributed by atoms with E-state index in [0.717, 1.165) is 12.3 Å². The van der Waals surface area contributed by atoms with E-state index in [-0.39, 0.29) is 18.5 Å². The van der Waals surface area contributed by atoms with E-state index in [2.05, 4.69) is 54.2 Å². The first-order valence-electron chi connectivity index (χ1n) is 6.35. The van der Waals surface area contributed by atoms with Crippen LogP contribution in [0.15, 0.2) is 48.8 Å². The number of nitrogens with zero attached hydrogens (tertiary/aromatic N) is 1. The Labute approximate surface area is 121 Å².